The van der Waals surface area contributed by atoms with Crippen LogP contribution in [0.1, 0.15) is 23.1 Å². The predicted molar refractivity (Wildman–Crippen MR) is 82.5 cm³/mol. The zero-order valence-electron chi connectivity index (χ0n) is 12.2. The molecule has 1 atom stereocenters. The highest BCUT2D eigenvalue weighted by Gasteiger charge is 2.08. The molecule has 0 amide bonds. The van der Waals surface area contributed by atoms with Crippen LogP contribution < -0.4 is 5.32 Å². The molecule has 1 N–H and O–H groups in total. The van der Waals surface area contributed by atoms with Gasteiger partial charge in [0.1, 0.15) is 5.82 Å². The molecular formula is C18H22FN. The van der Waals surface area contributed by atoms with E-state index in [0.29, 0.717) is 6.04 Å². The summed E-state index contributed by atoms with van der Waals surface area (Å²) in [6.07, 6.45) is 2.96. The van der Waals surface area contributed by atoms with Crippen molar-refractivity contribution >= 4 is 0 Å². The highest BCUT2D eigenvalue weighted by molar-refractivity contribution is 5.22. The van der Waals surface area contributed by atoms with Gasteiger partial charge in [-0.25, -0.2) is 4.39 Å². The van der Waals surface area contributed by atoms with Crippen LogP contribution >= 0.6 is 0 Å². The molecule has 2 rings (SSSR count). The molecule has 106 valence electrons. The number of nitrogens with one attached hydrogen (secondary N) is 1. The van der Waals surface area contributed by atoms with Crippen molar-refractivity contribution in [2.75, 3.05) is 7.05 Å². The molecule has 0 aromatic heterocycles. The molecule has 0 aliphatic carbocycles. The van der Waals surface area contributed by atoms with Gasteiger partial charge >= 0.3 is 0 Å². The SMILES string of the molecule is CNC(CCc1ccc(C)cc1)Cc1cccc(F)c1. The Labute approximate surface area is 120 Å². The second-order valence-corrected chi connectivity index (χ2v) is 5.34. The van der Waals surface area contributed by atoms with Gasteiger partial charge in [-0.2, -0.15) is 0 Å². The molecule has 2 aromatic carbocycles. The van der Waals surface area contributed by atoms with Crippen molar-refractivity contribution in [3.63, 3.8) is 0 Å². The lowest BCUT2D eigenvalue weighted by atomic mass is 9.99. The lowest BCUT2D eigenvalue weighted by Gasteiger charge is -2.16. The summed E-state index contributed by atoms with van der Waals surface area (Å²) < 4.78 is 13.2. The minimum atomic E-state index is -0.157. The van der Waals surface area contributed by atoms with Crippen LogP contribution in [-0.4, -0.2) is 13.1 Å². The number of hydrogen-bond acceptors (Lipinski definition) is 1. The molecule has 2 aromatic rings. The summed E-state index contributed by atoms with van der Waals surface area (Å²) in [5.74, 6) is -0.157. The second-order valence-electron chi connectivity index (χ2n) is 5.34. The zero-order chi connectivity index (χ0) is 14.4. The largest absolute Gasteiger partial charge is 0.317 e. The number of hydrogen-bond donors (Lipinski definition) is 1. The molecule has 0 saturated heterocycles. The minimum Gasteiger partial charge on any atom is -0.317 e. The predicted octanol–water partition coefficient (Wildman–Crippen LogP) is 3.90. The summed E-state index contributed by atoms with van der Waals surface area (Å²) >= 11 is 0. The van der Waals surface area contributed by atoms with Crippen LogP contribution in [0.2, 0.25) is 0 Å². The monoisotopic (exact) mass is 271 g/mol. The standard InChI is InChI=1S/C18H22FN/c1-14-6-8-15(9-7-14)10-11-18(20-2)13-16-4-3-5-17(19)12-16/h3-9,12,18,20H,10-11,13H2,1-2H3. The van der Waals surface area contributed by atoms with Gasteiger partial charge in [-0.1, -0.05) is 42.0 Å². The number of aryl methyl sites for hydroxylation is 2. The first-order valence-corrected chi connectivity index (χ1v) is 7.14. The zero-order valence-corrected chi connectivity index (χ0v) is 12.2. The Hall–Kier alpha value is -1.67. The molecule has 0 radical (unpaired) electrons. The van der Waals surface area contributed by atoms with E-state index in [-0.39, 0.29) is 5.82 Å². The summed E-state index contributed by atoms with van der Waals surface area (Å²) in [7, 11) is 1.97. The van der Waals surface area contributed by atoms with Crippen molar-refractivity contribution in [2.24, 2.45) is 0 Å². The maximum absolute atomic E-state index is 13.2. The van der Waals surface area contributed by atoms with Crippen LogP contribution in [0.25, 0.3) is 0 Å². The van der Waals surface area contributed by atoms with Crippen LogP contribution in [-0.2, 0) is 12.8 Å². The van der Waals surface area contributed by atoms with Crippen LogP contribution in [0.5, 0.6) is 0 Å². The Morgan fingerprint density at radius 3 is 2.45 bits per heavy atom. The van der Waals surface area contributed by atoms with Gasteiger partial charge in [-0.15, -0.1) is 0 Å². The van der Waals surface area contributed by atoms with E-state index >= 15 is 0 Å². The van der Waals surface area contributed by atoms with Gasteiger partial charge in [0.25, 0.3) is 0 Å². The molecule has 20 heavy (non-hydrogen) atoms. The number of rotatable bonds is 6. The van der Waals surface area contributed by atoms with Gasteiger partial charge in [-0.3, -0.25) is 0 Å². The van der Waals surface area contributed by atoms with Gasteiger partial charge in [0.15, 0.2) is 0 Å². The van der Waals surface area contributed by atoms with E-state index < -0.39 is 0 Å². The van der Waals surface area contributed by atoms with E-state index in [1.54, 1.807) is 12.1 Å². The molecule has 2 heteroatoms. The van der Waals surface area contributed by atoms with Gasteiger partial charge in [0.2, 0.25) is 0 Å². The molecule has 1 unspecified atom stereocenters. The van der Waals surface area contributed by atoms with Crippen molar-refractivity contribution in [1.82, 2.24) is 5.32 Å². The van der Waals surface area contributed by atoms with Gasteiger partial charge < -0.3 is 5.32 Å². The van der Waals surface area contributed by atoms with E-state index in [9.17, 15) is 4.39 Å². The van der Waals surface area contributed by atoms with Crippen LogP contribution in [0.15, 0.2) is 48.5 Å². The Balaban J connectivity index is 1.90. The summed E-state index contributed by atoms with van der Waals surface area (Å²) in [4.78, 5) is 0. The highest BCUT2D eigenvalue weighted by Crippen LogP contribution is 2.12. The Morgan fingerprint density at radius 2 is 1.80 bits per heavy atom. The Kier molecular flexibility index (Phi) is 5.31. The lowest BCUT2D eigenvalue weighted by Crippen LogP contribution is -2.28. The number of likely N-dealkylation sites (N-methyl/N-ethyl adjacent to an activating group) is 1. The molecule has 0 aliphatic heterocycles. The molecule has 0 aliphatic rings. The molecule has 0 bridgehead atoms. The third-order valence-electron chi connectivity index (χ3n) is 3.68. The van der Waals surface area contributed by atoms with Crippen LogP contribution in [0, 0.1) is 12.7 Å². The van der Waals surface area contributed by atoms with Crippen molar-refractivity contribution in [3.8, 4) is 0 Å². The van der Waals surface area contributed by atoms with Crippen molar-refractivity contribution in [1.29, 1.82) is 0 Å². The van der Waals surface area contributed by atoms with E-state index in [4.69, 9.17) is 0 Å². The number of halogens is 1. The summed E-state index contributed by atoms with van der Waals surface area (Å²) in [6, 6.07) is 15.9. The topological polar surface area (TPSA) is 12.0 Å². The van der Waals surface area contributed by atoms with Crippen molar-refractivity contribution < 1.29 is 4.39 Å². The molecule has 0 heterocycles. The average Bonchev–Trinajstić information content (AvgIpc) is 2.45. The van der Waals surface area contributed by atoms with E-state index in [1.165, 1.54) is 17.2 Å². The third-order valence-corrected chi connectivity index (χ3v) is 3.68. The van der Waals surface area contributed by atoms with Gasteiger partial charge in [0, 0.05) is 6.04 Å². The van der Waals surface area contributed by atoms with Gasteiger partial charge in [0.05, 0.1) is 0 Å². The summed E-state index contributed by atoms with van der Waals surface area (Å²) in [6.45, 7) is 2.10. The van der Waals surface area contributed by atoms with Crippen LogP contribution in [0.4, 0.5) is 4.39 Å². The summed E-state index contributed by atoms with van der Waals surface area (Å²) in [5.41, 5.74) is 3.70. The first-order valence-electron chi connectivity index (χ1n) is 7.14. The smallest absolute Gasteiger partial charge is 0.123 e. The average molecular weight is 271 g/mol. The fraction of sp³-hybridized carbons (Fsp3) is 0.333. The molecule has 0 spiro atoms. The van der Waals surface area contributed by atoms with Crippen molar-refractivity contribution in [3.05, 3.63) is 71.0 Å². The van der Waals surface area contributed by atoms with Gasteiger partial charge in [-0.05, 0) is 56.5 Å². The van der Waals surface area contributed by atoms with E-state index in [0.717, 1.165) is 24.8 Å². The molecule has 1 nitrogen and oxygen atoms in total. The molecular weight excluding hydrogens is 249 g/mol. The fourth-order valence-corrected chi connectivity index (χ4v) is 2.39. The minimum absolute atomic E-state index is 0.157. The Morgan fingerprint density at radius 1 is 1.05 bits per heavy atom. The maximum atomic E-state index is 13.2. The first kappa shape index (κ1) is 14.7. The van der Waals surface area contributed by atoms with Crippen molar-refractivity contribution in [2.45, 2.75) is 32.2 Å². The lowest BCUT2D eigenvalue weighted by molar-refractivity contribution is 0.518. The summed E-state index contributed by atoms with van der Waals surface area (Å²) in [5, 5.41) is 3.33. The normalized spacial score (nSPS) is 12.3. The van der Waals surface area contributed by atoms with E-state index in [1.807, 2.05) is 13.1 Å². The molecule has 0 saturated carbocycles. The first-order chi connectivity index (χ1) is 9.67. The second kappa shape index (κ2) is 7.20. The van der Waals surface area contributed by atoms with E-state index in [2.05, 4.69) is 36.5 Å². The molecule has 0 fully saturated rings. The fourth-order valence-electron chi connectivity index (χ4n) is 2.39. The Bertz CT molecular complexity index is 533. The maximum Gasteiger partial charge on any atom is 0.123 e. The third kappa shape index (κ3) is 4.46. The van der Waals surface area contributed by atoms with Crippen LogP contribution in [0.3, 0.4) is 0 Å². The highest BCUT2D eigenvalue weighted by atomic mass is 19.1. The quantitative estimate of drug-likeness (QED) is 0.840. The number of benzene rings is 2.